The van der Waals surface area contributed by atoms with Gasteiger partial charge in [0, 0.05) is 17.1 Å². The topological polar surface area (TPSA) is 15.3 Å². The predicted octanol–water partition coefficient (Wildman–Crippen LogP) is 4.44. The van der Waals surface area contributed by atoms with E-state index in [1.807, 2.05) is 0 Å². The third kappa shape index (κ3) is 5.72. The van der Waals surface area contributed by atoms with Gasteiger partial charge in [0.25, 0.3) is 0 Å². The van der Waals surface area contributed by atoms with E-state index in [9.17, 15) is 0 Å². The molecule has 1 heterocycles. The molecule has 2 nitrogen and oxygen atoms in total. The number of hydrogen-bond donors (Lipinski definition) is 1. The van der Waals surface area contributed by atoms with Gasteiger partial charge in [0.1, 0.15) is 0 Å². The molecule has 0 atom stereocenters. The van der Waals surface area contributed by atoms with Crippen molar-refractivity contribution in [2.75, 3.05) is 19.6 Å². The maximum atomic E-state index is 3.70. The molecule has 0 radical (unpaired) electrons. The van der Waals surface area contributed by atoms with Crippen LogP contribution in [0.1, 0.15) is 45.6 Å². The summed E-state index contributed by atoms with van der Waals surface area (Å²) in [5, 5.41) is 3.48. The molecule has 1 N–H and O–H groups in total. The first-order valence-corrected chi connectivity index (χ1v) is 8.93. The highest BCUT2D eigenvalue weighted by Crippen LogP contribution is 2.25. The summed E-state index contributed by atoms with van der Waals surface area (Å²) in [4.78, 5) is 2.70. The van der Waals surface area contributed by atoms with Gasteiger partial charge >= 0.3 is 0 Å². The Morgan fingerprint density at radius 3 is 2.48 bits per heavy atom. The molecule has 0 aliphatic carbocycles. The van der Waals surface area contributed by atoms with Gasteiger partial charge in [0.05, 0.1) is 0 Å². The van der Waals surface area contributed by atoms with Crippen LogP contribution >= 0.6 is 15.9 Å². The van der Waals surface area contributed by atoms with Gasteiger partial charge in [-0.25, -0.2) is 0 Å². The molecular weight excluding hydrogens is 324 g/mol. The fourth-order valence-corrected chi connectivity index (χ4v) is 3.30. The molecule has 2 rings (SSSR count). The van der Waals surface area contributed by atoms with Crippen LogP contribution in [0, 0.1) is 5.41 Å². The molecule has 1 aliphatic heterocycles. The Bertz CT molecular complexity index is 433. The van der Waals surface area contributed by atoms with E-state index in [1.54, 1.807) is 0 Å². The molecule has 0 unspecified atom stereocenters. The molecule has 1 aromatic carbocycles. The lowest BCUT2D eigenvalue weighted by molar-refractivity contribution is 0.134. The number of nitrogens with one attached hydrogen (secondary N) is 1. The van der Waals surface area contributed by atoms with E-state index in [2.05, 4.69) is 71.2 Å². The van der Waals surface area contributed by atoms with Crippen LogP contribution in [0.3, 0.4) is 0 Å². The molecule has 3 heteroatoms. The third-order valence-corrected chi connectivity index (χ3v) is 5.08. The number of piperidine rings is 1. The van der Waals surface area contributed by atoms with Gasteiger partial charge in [-0.05, 0) is 55.9 Å². The zero-order valence-corrected chi connectivity index (χ0v) is 15.2. The number of hydrogen-bond acceptors (Lipinski definition) is 2. The minimum atomic E-state index is 0.402. The predicted molar refractivity (Wildman–Crippen MR) is 94.5 cm³/mol. The molecule has 1 fully saturated rings. The molecule has 1 saturated heterocycles. The SMILES string of the molecule is CC(C)(C)CCN(Cc1ccccc1Br)C1CCNCC1. The maximum Gasteiger partial charge on any atom is 0.0247 e. The Balaban J connectivity index is 2.05. The van der Waals surface area contributed by atoms with Crippen molar-refractivity contribution in [3.8, 4) is 0 Å². The quantitative estimate of drug-likeness (QED) is 0.842. The first kappa shape index (κ1) is 17.0. The van der Waals surface area contributed by atoms with Crippen molar-refractivity contribution in [1.29, 1.82) is 0 Å². The van der Waals surface area contributed by atoms with Crippen molar-refractivity contribution < 1.29 is 0 Å². The normalized spacial score (nSPS) is 17.4. The van der Waals surface area contributed by atoms with Crippen molar-refractivity contribution in [2.24, 2.45) is 5.41 Å². The van der Waals surface area contributed by atoms with Gasteiger partial charge < -0.3 is 5.32 Å². The monoisotopic (exact) mass is 352 g/mol. The second-order valence-electron chi connectivity index (χ2n) is 7.35. The Hall–Kier alpha value is -0.380. The van der Waals surface area contributed by atoms with Crippen LogP contribution in [0.4, 0.5) is 0 Å². The van der Waals surface area contributed by atoms with E-state index in [-0.39, 0.29) is 0 Å². The second kappa shape index (κ2) is 7.75. The molecule has 118 valence electrons. The Labute approximate surface area is 138 Å². The summed E-state index contributed by atoms with van der Waals surface area (Å²) >= 11 is 3.70. The number of nitrogens with zero attached hydrogens (tertiary/aromatic N) is 1. The maximum absolute atomic E-state index is 3.70. The van der Waals surface area contributed by atoms with Crippen LogP contribution in [0.15, 0.2) is 28.7 Å². The summed E-state index contributed by atoms with van der Waals surface area (Å²) in [6.45, 7) is 11.6. The number of benzene rings is 1. The van der Waals surface area contributed by atoms with Crippen LogP contribution < -0.4 is 5.32 Å². The lowest BCUT2D eigenvalue weighted by Gasteiger charge is -2.36. The van der Waals surface area contributed by atoms with E-state index in [0.717, 1.165) is 25.7 Å². The van der Waals surface area contributed by atoms with Crippen LogP contribution in [0.25, 0.3) is 0 Å². The van der Waals surface area contributed by atoms with E-state index >= 15 is 0 Å². The van der Waals surface area contributed by atoms with Crippen molar-refractivity contribution in [3.63, 3.8) is 0 Å². The Kier molecular flexibility index (Phi) is 6.27. The highest BCUT2D eigenvalue weighted by Gasteiger charge is 2.23. The van der Waals surface area contributed by atoms with Gasteiger partial charge in [0.2, 0.25) is 0 Å². The summed E-state index contributed by atoms with van der Waals surface area (Å²) in [6.07, 6.45) is 3.80. The molecule has 0 bridgehead atoms. The second-order valence-corrected chi connectivity index (χ2v) is 8.21. The van der Waals surface area contributed by atoms with Gasteiger partial charge in [-0.2, -0.15) is 0 Å². The first-order valence-electron chi connectivity index (χ1n) is 8.14. The zero-order valence-electron chi connectivity index (χ0n) is 13.7. The van der Waals surface area contributed by atoms with E-state index in [0.29, 0.717) is 5.41 Å². The largest absolute Gasteiger partial charge is 0.317 e. The number of rotatable bonds is 5. The minimum Gasteiger partial charge on any atom is -0.317 e. The molecule has 21 heavy (non-hydrogen) atoms. The standard InChI is InChI=1S/C18H29BrN2/c1-18(2,3)10-13-21(16-8-11-20-12-9-16)14-15-6-4-5-7-17(15)19/h4-7,16,20H,8-14H2,1-3H3. The molecule has 0 amide bonds. The zero-order chi connectivity index (χ0) is 15.3. The summed E-state index contributed by atoms with van der Waals surface area (Å²) in [6, 6.07) is 9.36. The van der Waals surface area contributed by atoms with Crippen molar-refractivity contribution in [3.05, 3.63) is 34.3 Å². The highest BCUT2D eigenvalue weighted by atomic mass is 79.9. The molecule has 0 aromatic heterocycles. The molecular formula is C18H29BrN2. The lowest BCUT2D eigenvalue weighted by atomic mass is 9.91. The number of halogens is 1. The van der Waals surface area contributed by atoms with Gasteiger partial charge in [-0.3, -0.25) is 4.90 Å². The fourth-order valence-electron chi connectivity index (χ4n) is 2.89. The average molecular weight is 353 g/mol. The molecule has 0 spiro atoms. The average Bonchev–Trinajstić information content (AvgIpc) is 2.45. The van der Waals surface area contributed by atoms with E-state index in [4.69, 9.17) is 0 Å². The van der Waals surface area contributed by atoms with Crippen molar-refractivity contribution in [2.45, 2.75) is 52.6 Å². The minimum absolute atomic E-state index is 0.402. The van der Waals surface area contributed by atoms with E-state index < -0.39 is 0 Å². The van der Waals surface area contributed by atoms with Crippen LogP contribution in [0.2, 0.25) is 0 Å². The van der Waals surface area contributed by atoms with Gasteiger partial charge in [-0.1, -0.05) is 54.9 Å². The lowest BCUT2D eigenvalue weighted by Crippen LogP contribution is -2.43. The summed E-state index contributed by atoms with van der Waals surface area (Å²) in [5.74, 6) is 0. The summed E-state index contributed by atoms with van der Waals surface area (Å²) in [7, 11) is 0. The van der Waals surface area contributed by atoms with Crippen LogP contribution in [-0.2, 0) is 6.54 Å². The molecule has 1 aromatic rings. The highest BCUT2D eigenvalue weighted by molar-refractivity contribution is 9.10. The Morgan fingerprint density at radius 1 is 1.19 bits per heavy atom. The molecule has 0 saturated carbocycles. The Morgan fingerprint density at radius 2 is 1.86 bits per heavy atom. The third-order valence-electron chi connectivity index (χ3n) is 4.31. The fraction of sp³-hybridized carbons (Fsp3) is 0.667. The summed E-state index contributed by atoms with van der Waals surface area (Å²) < 4.78 is 1.24. The smallest absolute Gasteiger partial charge is 0.0247 e. The summed E-state index contributed by atoms with van der Waals surface area (Å²) in [5.41, 5.74) is 1.81. The van der Waals surface area contributed by atoms with Gasteiger partial charge in [-0.15, -0.1) is 0 Å². The van der Waals surface area contributed by atoms with Gasteiger partial charge in [0.15, 0.2) is 0 Å². The van der Waals surface area contributed by atoms with Crippen molar-refractivity contribution >= 4 is 15.9 Å². The first-order chi connectivity index (χ1) is 9.96. The van der Waals surface area contributed by atoms with Crippen LogP contribution in [0.5, 0.6) is 0 Å². The van der Waals surface area contributed by atoms with Crippen LogP contribution in [-0.4, -0.2) is 30.6 Å². The van der Waals surface area contributed by atoms with E-state index in [1.165, 1.54) is 35.8 Å². The van der Waals surface area contributed by atoms with Crippen molar-refractivity contribution in [1.82, 2.24) is 10.2 Å². The molecule has 1 aliphatic rings.